The van der Waals surface area contributed by atoms with E-state index < -0.39 is 0 Å². The minimum Gasteiger partial charge on any atom is -0.355 e. The standard InChI is InChI=1S/C25H23N3O3S2/c1-5-11-28-24(31)18-12-20(17-9-7-6-8-10-17)33-23(18)27-25(28)32-13-19(30)22-14(2)21(16(4)29)15(3)26-22/h5-10,12,26H,1,11,13H2,2-4H3. The minimum atomic E-state index is -0.154. The molecule has 0 bridgehead atoms. The number of aromatic nitrogens is 3. The third-order valence-electron chi connectivity index (χ3n) is 5.39. The molecule has 4 rings (SSSR count). The van der Waals surface area contributed by atoms with Gasteiger partial charge in [-0.3, -0.25) is 19.0 Å². The molecule has 168 valence electrons. The summed E-state index contributed by atoms with van der Waals surface area (Å²) in [4.78, 5) is 47.4. The maximum atomic E-state index is 13.2. The van der Waals surface area contributed by atoms with Crippen molar-refractivity contribution in [3.05, 3.63) is 81.9 Å². The van der Waals surface area contributed by atoms with Gasteiger partial charge in [-0.2, -0.15) is 0 Å². The van der Waals surface area contributed by atoms with E-state index in [2.05, 4.69) is 11.6 Å². The Morgan fingerprint density at radius 3 is 2.61 bits per heavy atom. The van der Waals surface area contributed by atoms with E-state index >= 15 is 0 Å². The molecule has 0 atom stereocenters. The van der Waals surface area contributed by atoms with E-state index in [1.165, 1.54) is 30.0 Å². The highest BCUT2D eigenvalue weighted by molar-refractivity contribution is 7.99. The zero-order chi connectivity index (χ0) is 23.7. The topological polar surface area (TPSA) is 84.8 Å². The Kier molecular flexibility index (Phi) is 6.49. The van der Waals surface area contributed by atoms with E-state index in [9.17, 15) is 14.4 Å². The fourth-order valence-corrected chi connectivity index (χ4v) is 5.86. The van der Waals surface area contributed by atoms with Gasteiger partial charge in [-0.1, -0.05) is 48.2 Å². The number of nitrogens with one attached hydrogen (secondary N) is 1. The van der Waals surface area contributed by atoms with Crippen LogP contribution in [0.15, 0.2) is 59.0 Å². The SMILES string of the molecule is C=CCn1c(SCC(=O)c2[nH]c(C)c(C(C)=O)c2C)nc2sc(-c3ccccc3)cc2c1=O. The maximum Gasteiger partial charge on any atom is 0.263 e. The van der Waals surface area contributed by atoms with E-state index in [1.54, 1.807) is 24.5 Å². The first-order valence-corrected chi connectivity index (χ1v) is 12.2. The number of nitrogens with zero attached hydrogens (tertiary/aromatic N) is 2. The van der Waals surface area contributed by atoms with Crippen LogP contribution in [-0.4, -0.2) is 31.9 Å². The summed E-state index contributed by atoms with van der Waals surface area (Å²) in [6.07, 6.45) is 1.64. The average molecular weight is 478 g/mol. The Bertz CT molecular complexity index is 1450. The Balaban J connectivity index is 1.68. The second kappa shape index (κ2) is 9.33. The smallest absolute Gasteiger partial charge is 0.263 e. The fourth-order valence-electron chi connectivity index (χ4n) is 3.90. The normalized spacial score (nSPS) is 11.1. The third kappa shape index (κ3) is 4.36. The number of allylic oxidation sites excluding steroid dienone is 1. The van der Waals surface area contributed by atoms with Crippen molar-refractivity contribution in [1.82, 2.24) is 14.5 Å². The summed E-state index contributed by atoms with van der Waals surface area (Å²) in [5, 5.41) is 1.02. The highest BCUT2D eigenvalue weighted by Gasteiger charge is 2.21. The summed E-state index contributed by atoms with van der Waals surface area (Å²) in [5.41, 5.74) is 3.19. The molecule has 8 heteroatoms. The molecule has 0 aliphatic rings. The number of carbonyl (C=O) groups excluding carboxylic acids is 2. The Morgan fingerprint density at radius 1 is 1.24 bits per heavy atom. The maximum absolute atomic E-state index is 13.2. The fraction of sp³-hybridized carbons (Fsp3) is 0.200. The van der Waals surface area contributed by atoms with Crippen molar-refractivity contribution >= 4 is 44.9 Å². The number of thioether (sulfide) groups is 1. The van der Waals surface area contributed by atoms with Crippen molar-refractivity contribution in [2.24, 2.45) is 0 Å². The molecule has 0 radical (unpaired) electrons. The van der Waals surface area contributed by atoms with Crippen molar-refractivity contribution < 1.29 is 9.59 Å². The Labute approximate surface area is 199 Å². The summed E-state index contributed by atoms with van der Waals surface area (Å²) < 4.78 is 1.54. The first-order chi connectivity index (χ1) is 15.8. The number of ketones is 2. The Morgan fingerprint density at radius 2 is 1.97 bits per heavy atom. The predicted molar refractivity (Wildman–Crippen MR) is 135 cm³/mol. The second-order valence-electron chi connectivity index (χ2n) is 7.69. The van der Waals surface area contributed by atoms with E-state index in [0.29, 0.717) is 44.4 Å². The molecule has 0 fully saturated rings. The lowest BCUT2D eigenvalue weighted by molar-refractivity contribution is 0.101. The van der Waals surface area contributed by atoms with Crippen molar-refractivity contribution in [3.63, 3.8) is 0 Å². The lowest BCUT2D eigenvalue weighted by Crippen LogP contribution is -2.22. The number of benzene rings is 1. The van der Waals surface area contributed by atoms with Gasteiger partial charge in [0.15, 0.2) is 16.7 Å². The third-order valence-corrected chi connectivity index (χ3v) is 7.44. The number of aromatic amines is 1. The van der Waals surface area contributed by atoms with Crippen LogP contribution in [0, 0.1) is 13.8 Å². The zero-order valence-corrected chi connectivity index (χ0v) is 20.2. The number of thiophene rings is 1. The van der Waals surface area contributed by atoms with Gasteiger partial charge >= 0.3 is 0 Å². The minimum absolute atomic E-state index is 0.0770. The summed E-state index contributed by atoms with van der Waals surface area (Å²) in [6.45, 7) is 9.10. The molecule has 3 heterocycles. The van der Waals surface area contributed by atoms with Gasteiger partial charge in [0.2, 0.25) is 0 Å². The number of hydrogen-bond acceptors (Lipinski definition) is 6. The number of hydrogen-bond donors (Lipinski definition) is 1. The molecule has 3 aromatic heterocycles. The van der Waals surface area contributed by atoms with E-state index in [-0.39, 0.29) is 22.9 Å². The van der Waals surface area contributed by atoms with E-state index in [0.717, 1.165) is 10.4 Å². The number of H-pyrrole nitrogens is 1. The van der Waals surface area contributed by atoms with Crippen molar-refractivity contribution in [2.75, 3.05) is 5.75 Å². The number of carbonyl (C=O) groups is 2. The molecule has 33 heavy (non-hydrogen) atoms. The zero-order valence-electron chi connectivity index (χ0n) is 18.6. The summed E-state index contributed by atoms with van der Waals surface area (Å²) in [7, 11) is 0. The monoisotopic (exact) mass is 477 g/mol. The number of aryl methyl sites for hydroxylation is 1. The molecule has 0 aliphatic heterocycles. The van der Waals surface area contributed by atoms with Crippen LogP contribution in [0.4, 0.5) is 0 Å². The molecule has 0 amide bonds. The summed E-state index contributed by atoms with van der Waals surface area (Å²) >= 11 is 2.67. The van der Waals surface area contributed by atoms with Crippen LogP contribution in [0.1, 0.15) is 39.0 Å². The molecule has 0 saturated heterocycles. The largest absolute Gasteiger partial charge is 0.355 e. The predicted octanol–water partition coefficient (Wildman–Crippen LogP) is 5.43. The van der Waals surface area contributed by atoms with Crippen molar-refractivity contribution in [1.29, 1.82) is 0 Å². The van der Waals surface area contributed by atoms with Gasteiger partial charge in [0.1, 0.15) is 4.83 Å². The molecule has 1 aromatic carbocycles. The summed E-state index contributed by atoms with van der Waals surface area (Å²) in [6, 6.07) is 11.7. The highest BCUT2D eigenvalue weighted by atomic mass is 32.2. The first kappa shape index (κ1) is 22.9. The molecular weight excluding hydrogens is 454 g/mol. The van der Waals surface area contributed by atoms with Gasteiger partial charge in [-0.05, 0) is 38.0 Å². The summed E-state index contributed by atoms with van der Waals surface area (Å²) in [5.74, 6) is -0.139. The van der Waals surface area contributed by atoms with Crippen molar-refractivity contribution in [2.45, 2.75) is 32.5 Å². The van der Waals surface area contributed by atoms with Gasteiger partial charge in [0.05, 0.1) is 16.8 Å². The van der Waals surface area contributed by atoms with Crippen LogP contribution >= 0.6 is 23.1 Å². The molecule has 0 aliphatic carbocycles. The van der Waals surface area contributed by atoms with Crippen LogP contribution in [-0.2, 0) is 6.54 Å². The van der Waals surface area contributed by atoms with Crippen molar-refractivity contribution in [3.8, 4) is 10.4 Å². The van der Waals surface area contributed by atoms with E-state index in [1.807, 2.05) is 36.4 Å². The average Bonchev–Trinajstić information content (AvgIpc) is 3.35. The van der Waals surface area contributed by atoms with E-state index in [4.69, 9.17) is 4.98 Å². The van der Waals surface area contributed by atoms with Crippen LogP contribution in [0.2, 0.25) is 0 Å². The Hall–Kier alpha value is -3.23. The van der Waals surface area contributed by atoms with Crippen LogP contribution in [0.3, 0.4) is 0 Å². The number of rotatable bonds is 8. The second-order valence-corrected chi connectivity index (χ2v) is 9.66. The first-order valence-electron chi connectivity index (χ1n) is 10.4. The van der Waals surface area contributed by atoms with Gasteiger partial charge in [0, 0.05) is 22.7 Å². The molecule has 6 nitrogen and oxygen atoms in total. The highest BCUT2D eigenvalue weighted by Crippen LogP contribution is 2.32. The van der Waals surface area contributed by atoms with Gasteiger partial charge in [-0.25, -0.2) is 4.98 Å². The molecular formula is C25H23N3O3S2. The lowest BCUT2D eigenvalue weighted by atomic mass is 10.1. The molecule has 4 aromatic rings. The van der Waals surface area contributed by atoms with Crippen LogP contribution < -0.4 is 5.56 Å². The van der Waals surface area contributed by atoms with Crippen LogP contribution in [0.25, 0.3) is 20.7 Å². The lowest BCUT2D eigenvalue weighted by Gasteiger charge is -2.09. The van der Waals surface area contributed by atoms with Crippen LogP contribution in [0.5, 0.6) is 0 Å². The van der Waals surface area contributed by atoms with Gasteiger partial charge in [0.25, 0.3) is 5.56 Å². The molecule has 0 unspecified atom stereocenters. The number of fused-ring (bicyclic) bond motifs is 1. The molecule has 1 N–H and O–H groups in total. The van der Waals surface area contributed by atoms with Gasteiger partial charge < -0.3 is 4.98 Å². The quantitative estimate of drug-likeness (QED) is 0.158. The molecule has 0 spiro atoms. The van der Waals surface area contributed by atoms with Gasteiger partial charge in [-0.15, -0.1) is 17.9 Å². The molecule has 0 saturated carbocycles. The number of Topliss-reactive ketones (excluding diaryl/α,β-unsaturated/α-hetero) is 2.